The van der Waals surface area contributed by atoms with Crippen molar-refractivity contribution in [3.05, 3.63) is 0 Å². The van der Waals surface area contributed by atoms with Crippen LogP contribution in [0.5, 0.6) is 0 Å². The fourth-order valence-corrected chi connectivity index (χ4v) is 4.19. The summed E-state index contributed by atoms with van der Waals surface area (Å²) in [7, 11) is -3.57. The van der Waals surface area contributed by atoms with E-state index in [0.29, 0.717) is 0 Å². The molecular weight excluding hydrogens is 237 g/mol. The average Bonchev–Trinajstić information content (AvgIpc) is 2.13. The highest BCUT2D eigenvalue weighted by Crippen LogP contribution is 2.50. The van der Waals surface area contributed by atoms with E-state index >= 15 is 0 Å². The summed E-state index contributed by atoms with van der Waals surface area (Å²) in [5.74, 6) is -4.21. The molecule has 0 aromatic carbocycles. The van der Waals surface area contributed by atoms with Crippen LogP contribution in [0.3, 0.4) is 0 Å². The zero-order chi connectivity index (χ0) is 12.5. The van der Waals surface area contributed by atoms with Crippen LogP contribution in [0, 0.1) is 11.8 Å². The monoisotopic (exact) mass is 251 g/mol. The van der Waals surface area contributed by atoms with Crippen LogP contribution in [0.2, 0.25) is 0 Å². The van der Waals surface area contributed by atoms with Crippen molar-refractivity contribution in [3.63, 3.8) is 0 Å². The van der Waals surface area contributed by atoms with Gasteiger partial charge in [0.1, 0.15) is 6.04 Å². The van der Waals surface area contributed by atoms with Crippen LogP contribution in [0.15, 0.2) is 0 Å². The Bertz CT molecular complexity index is 356. The van der Waals surface area contributed by atoms with E-state index in [0.717, 1.165) is 0 Å². The number of hydrogen-bond acceptors (Lipinski definition) is 4. The summed E-state index contributed by atoms with van der Waals surface area (Å²) >= 11 is 0. The lowest BCUT2D eigenvalue weighted by Gasteiger charge is -2.31. The normalized spacial score (nSPS) is 36.6. The first-order chi connectivity index (χ1) is 7.23. The number of aliphatic carboxylic acids is 2. The van der Waals surface area contributed by atoms with Crippen LogP contribution in [0.4, 0.5) is 0 Å². The van der Waals surface area contributed by atoms with E-state index < -0.39 is 37.2 Å². The van der Waals surface area contributed by atoms with Crippen molar-refractivity contribution < 1.29 is 29.3 Å². The molecule has 1 saturated heterocycles. The van der Waals surface area contributed by atoms with Gasteiger partial charge >= 0.3 is 11.9 Å². The highest BCUT2D eigenvalue weighted by molar-refractivity contribution is 7.58. The molecule has 4 atom stereocenters. The molecule has 4 unspecified atom stereocenters. The maximum Gasteiger partial charge on any atom is 0.320 e. The fraction of sp³-hybridized carbons (Fsp3) is 0.750. The summed E-state index contributed by atoms with van der Waals surface area (Å²) in [6.07, 6.45) is -0.483. The molecule has 0 aromatic rings. The van der Waals surface area contributed by atoms with E-state index in [1.54, 1.807) is 0 Å². The Morgan fingerprint density at radius 3 is 2.31 bits per heavy atom. The number of carboxylic acids is 2. The van der Waals surface area contributed by atoms with E-state index in [1.165, 1.54) is 0 Å². The maximum atomic E-state index is 11.5. The lowest BCUT2D eigenvalue weighted by atomic mass is 9.91. The number of carbonyl (C=O) groups is 2. The van der Waals surface area contributed by atoms with Crippen molar-refractivity contribution in [2.45, 2.75) is 12.5 Å². The Kier molecular flexibility index (Phi) is 3.72. The third-order valence-corrected chi connectivity index (χ3v) is 4.81. The molecule has 0 amide bonds. The molecule has 1 aliphatic rings. The highest BCUT2D eigenvalue weighted by Gasteiger charge is 2.42. The Labute approximate surface area is 91.7 Å². The molecule has 0 bridgehead atoms. The van der Waals surface area contributed by atoms with Crippen molar-refractivity contribution in [2.75, 3.05) is 12.3 Å². The summed E-state index contributed by atoms with van der Waals surface area (Å²) in [5.41, 5.74) is 5.35. The minimum absolute atomic E-state index is 0.0351. The Morgan fingerprint density at radius 2 is 1.88 bits per heavy atom. The van der Waals surface area contributed by atoms with Crippen LogP contribution >= 0.6 is 7.37 Å². The molecule has 0 spiro atoms. The quantitative estimate of drug-likeness (QED) is 0.491. The first kappa shape index (κ1) is 13.2. The van der Waals surface area contributed by atoms with Gasteiger partial charge in [0.2, 0.25) is 7.37 Å². The lowest BCUT2D eigenvalue weighted by molar-refractivity contribution is -0.144. The topological polar surface area (TPSA) is 138 Å². The van der Waals surface area contributed by atoms with Crippen molar-refractivity contribution in [1.29, 1.82) is 0 Å². The molecule has 1 fully saturated rings. The molecule has 0 radical (unpaired) electrons. The smallest absolute Gasteiger partial charge is 0.320 e. The number of nitrogens with two attached hydrogens (primary N) is 1. The summed E-state index contributed by atoms with van der Waals surface area (Å²) < 4.78 is 11.5. The van der Waals surface area contributed by atoms with Gasteiger partial charge in [-0.25, -0.2) is 0 Å². The van der Waals surface area contributed by atoms with Crippen LogP contribution in [0.1, 0.15) is 6.42 Å². The number of hydrogen-bond donors (Lipinski definition) is 4. The highest BCUT2D eigenvalue weighted by atomic mass is 31.2. The molecule has 0 aliphatic carbocycles. The van der Waals surface area contributed by atoms with Crippen LogP contribution in [-0.2, 0) is 14.2 Å². The second kappa shape index (κ2) is 4.53. The minimum atomic E-state index is -3.57. The van der Waals surface area contributed by atoms with Crippen LogP contribution < -0.4 is 5.73 Å². The maximum absolute atomic E-state index is 11.5. The van der Waals surface area contributed by atoms with E-state index in [4.69, 9.17) is 15.9 Å². The second-order valence-electron chi connectivity index (χ2n) is 4.11. The predicted molar refractivity (Wildman–Crippen MR) is 54.4 cm³/mol. The molecule has 7 nitrogen and oxygen atoms in total. The summed E-state index contributed by atoms with van der Waals surface area (Å²) in [4.78, 5) is 30.8. The molecule has 1 heterocycles. The van der Waals surface area contributed by atoms with E-state index in [-0.39, 0.29) is 18.7 Å². The van der Waals surface area contributed by atoms with Gasteiger partial charge in [0.15, 0.2) is 0 Å². The second-order valence-corrected chi connectivity index (χ2v) is 6.53. The van der Waals surface area contributed by atoms with Crippen molar-refractivity contribution >= 4 is 19.3 Å². The molecule has 1 aliphatic heterocycles. The van der Waals surface area contributed by atoms with Gasteiger partial charge in [0, 0.05) is 12.3 Å². The first-order valence-electron chi connectivity index (χ1n) is 4.75. The zero-order valence-electron chi connectivity index (χ0n) is 8.44. The van der Waals surface area contributed by atoms with Gasteiger partial charge in [-0.05, 0) is 12.3 Å². The lowest BCUT2D eigenvalue weighted by Crippen LogP contribution is -2.44. The van der Waals surface area contributed by atoms with Crippen molar-refractivity contribution in [2.24, 2.45) is 17.6 Å². The first-order valence-corrected chi connectivity index (χ1v) is 6.78. The molecule has 0 saturated carbocycles. The van der Waals surface area contributed by atoms with Gasteiger partial charge in [0.05, 0.1) is 5.92 Å². The van der Waals surface area contributed by atoms with Gasteiger partial charge in [-0.2, -0.15) is 0 Å². The Morgan fingerprint density at radius 1 is 1.31 bits per heavy atom. The standard InChI is InChI=1S/C8H14NO6P/c9-6(8(12)13)4-1-5(7(10)11)3-16(14,15)2-4/h4-6H,1-3,9H2,(H,10,11)(H,12,13)(H,14,15). The number of carboxylic acid groups (broad SMARTS) is 2. The molecule has 1 rings (SSSR count). The third kappa shape index (κ3) is 3.04. The van der Waals surface area contributed by atoms with E-state index in [2.05, 4.69) is 0 Å². The SMILES string of the molecule is NC(C(=O)O)C1CC(C(=O)O)CP(=O)(O)C1. The fourth-order valence-electron chi connectivity index (χ4n) is 1.94. The van der Waals surface area contributed by atoms with Gasteiger partial charge in [-0.1, -0.05) is 0 Å². The van der Waals surface area contributed by atoms with Crippen LogP contribution in [0.25, 0.3) is 0 Å². The molecule has 0 aromatic heterocycles. The van der Waals surface area contributed by atoms with Gasteiger partial charge < -0.3 is 20.8 Å². The molecule has 8 heteroatoms. The zero-order valence-corrected chi connectivity index (χ0v) is 9.34. The van der Waals surface area contributed by atoms with Gasteiger partial charge in [-0.3, -0.25) is 14.2 Å². The minimum Gasteiger partial charge on any atom is -0.481 e. The van der Waals surface area contributed by atoms with E-state index in [1.807, 2.05) is 0 Å². The Hall–Kier alpha value is -0.910. The third-order valence-electron chi connectivity index (χ3n) is 2.75. The van der Waals surface area contributed by atoms with Gasteiger partial charge in [0.25, 0.3) is 0 Å². The summed E-state index contributed by atoms with van der Waals surface area (Å²) in [6.45, 7) is 0. The number of rotatable bonds is 3. The molecule has 16 heavy (non-hydrogen) atoms. The summed E-state index contributed by atoms with van der Waals surface area (Å²) in [6, 6.07) is -1.29. The molecule has 92 valence electrons. The Balaban J connectivity index is 2.84. The van der Waals surface area contributed by atoms with E-state index in [9.17, 15) is 19.0 Å². The molecule has 5 N–H and O–H groups in total. The predicted octanol–water partition coefficient (Wildman–Crippen LogP) is -0.611. The summed E-state index contributed by atoms with van der Waals surface area (Å²) in [5, 5.41) is 17.5. The van der Waals surface area contributed by atoms with Crippen LogP contribution in [-0.4, -0.2) is 45.4 Å². The molecular formula is C8H14NO6P. The largest absolute Gasteiger partial charge is 0.481 e. The van der Waals surface area contributed by atoms with Gasteiger partial charge in [-0.15, -0.1) is 0 Å². The average molecular weight is 251 g/mol. The van der Waals surface area contributed by atoms with Crippen molar-refractivity contribution in [3.8, 4) is 0 Å². The van der Waals surface area contributed by atoms with Crippen molar-refractivity contribution in [1.82, 2.24) is 0 Å².